The largest absolute Gasteiger partial charge is 0.394 e. The lowest BCUT2D eigenvalue weighted by Crippen LogP contribution is -2.71. The smallest absolute Gasteiger partial charge is 0.220 e. The molecule has 0 bridgehead atoms. The van der Waals surface area contributed by atoms with E-state index in [4.69, 9.17) is 66.3 Å². The highest BCUT2D eigenvalue weighted by atomic mass is 16.8. The first-order chi connectivity index (χ1) is 61.5. The molecule has 0 radical (unpaired) electrons. The van der Waals surface area contributed by atoms with Crippen LogP contribution in [-0.4, -0.2) is 393 Å². The number of amides is 3. The Morgan fingerprint density at radius 3 is 1.04 bits per heavy atom. The molecule has 0 aliphatic carbocycles. The first-order valence-electron chi connectivity index (χ1n) is 47.3. The Labute approximate surface area is 751 Å². The molecule has 3 amide bonds. The summed E-state index contributed by atoms with van der Waals surface area (Å²) in [5, 5.41) is 233. The first-order valence-corrected chi connectivity index (χ1v) is 47.3. The van der Waals surface area contributed by atoms with Crippen LogP contribution in [0.2, 0.25) is 0 Å². The predicted molar refractivity (Wildman–Crippen MR) is 453 cm³/mol. The van der Waals surface area contributed by atoms with Gasteiger partial charge in [0.25, 0.3) is 0 Å². The highest BCUT2D eigenvalue weighted by Gasteiger charge is 2.60. The summed E-state index contributed by atoms with van der Waals surface area (Å²) in [7, 11) is 0. The van der Waals surface area contributed by atoms with Gasteiger partial charge < -0.3 is 184 Å². The van der Waals surface area contributed by atoms with Crippen molar-refractivity contribution in [3.8, 4) is 0 Å². The molecule has 40 nitrogen and oxygen atoms in total. The topological polar surface area (TPSA) is 621 Å². The lowest BCUT2D eigenvalue weighted by atomic mass is 9.93. The second-order valence-corrected chi connectivity index (χ2v) is 35.6. The summed E-state index contributed by atoms with van der Waals surface area (Å²) in [6.45, 7) is 0.974. The Balaban J connectivity index is 0.998. The van der Waals surface area contributed by atoms with Crippen LogP contribution in [0.5, 0.6) is 0 Å². The third-order valence-electron chi connectivity index (χ3n) is 25.3. The Kier molecular flexibility index (Phi) is 52.2. The lowest BCUT2D eigenvalue weighted by molar-refractivity contribution is -0.391. The molecule has 40 heteroatoms. The van der Waals surface area contributed by atoms with Crippen LogP contribution in [0.1, 0.15) is 253 Å². The van der Waals surface area contributed by atoms with Crippen LogP contribution in [0.3, 0.4) is 0 Å². The summed E-state index contributed by atoms with van der Waals surface area (Å²) in [4.78, 5) is 40.1. The fourth-order valence-corrected chi connectivity index (χ4v) is 17.6. The number of rotatable bonds is 60. The van der Waals surface area contributed by atoms with E-state index in [2.05, 4.69) is 29.8 Å². The van der Waals surface area contributed by atoms with E-state index in [-0.39, 0.29) is 12.3 Å². The zero-order valence-corrected chi connectivity index (χ0v) is 75.4. The van der Waals surface area contributed by atoms with Gasteiger partial charge in [-0.2, -0.15) is 0 Å². The van der Waals surface area contributed by atoms with Gasteiger partial charge in [0.05, 0.1) is 64.5 Å². The minimum atomic E-state index is -2.37. The van der Waals surface area contributed by atoms with E-state index in [9.17, 15) is 117 Å². The number of unbranched alkanes of at least 4 members (excludes halogenated alkanes) is 31. The van der Waals surface area contributed by atoms with E-state index in [0.717, 1.165) is 65.2 Å². The van der Waals surface area contributed by atoms with Crippen LogP contribution in [0, 0.1) is 0 Å². The molecule has 128 heavy (non-hydrogen) atoms. The van der Waals surface area contributed by atoms with Crippen molar-refractivity contribution < 1.29 is 183 Å². The Morgan fingerprint density at radius 1 is 0.320 bits per heavy atom. The van der Waals surface area contributed by atoms with Crippen molar-refractivity contribution in [2.75, 3.05) is 46.2 Å². The number of hydrogen-bond acceptors (Lipinski definition) is 37. The fraction of sp³-hybridized carbons (Fsp3) is 0.943. The maximum Gasteiger partial charge on any atom is 0.220 e. The van der Waals surface area contributed by atoms with E-state index in [1.807, 2.05) is 6.08 Å². The van der Waals surface area contributed by atoms with Gasteiger partial charge in [0, 0.05) is 20.3 Å². The average molecular weight is 1850 g/mol. The summed E-state index contributed by atoms with van der Waals surface area (Å²) in [6, 6.07) is -4.88. The maximum absolute atomic E-state index is 13.7. The van der Waals surface area contributed by atoms with E-state index in [1.54, 1.807) is 6.08 Å². The molecule has 7 fully saturated rings. The van der Waals surface area contributed by atoms with Gasteiger partial charge in [0.2, 0.25) is 17.7 Å². The molecular formula is C88H159N3O37. The molecule has 37 atom stereocenters. The minimum Gasteiger partial charge on any atom is -0.394 e. The van der Waals surface area contributed by atoms with Crippen molar-refractivity contribution in [3.63, 3.8) is 0 Å². The molecule has 0 saturated carbocycles. The van der Waals surface area contributed by atoms with Crippen LogP contribution >= 0.6 is 0 Å². The molecule has 748 valence electrons. The van der Waals surface area contributed by atoms with E-state index < -0.39 is 285 Å². The van der Waals surface area contributed by atoms with Crippen molar-refractivity contribution in [1.29, 1.82) is 0 Å². The number of aliphatic hydroxyl groups excluding tert-OH is 20. The highest BCUT2D eigenvalue weighted by molar-refractivity contribution is 5.76. The summed E-state index contributed by atoms with van der Waals surface area (Å²) < 4.78 is 83.8. The molecule has 7 aliphatic rings. The van der Waals surface area contributed by atoms with Gasteiger partial charge in [-0.3, -0.25) is 14.4 Å². The molecule has 14 unspecified atom stereocenters. The zero-order valence-electron chi connectivity index (χ0n) is 75.4. The molecule has 7 rings (SSSR count). The third kappa shape index (κ3) is 33.9. The molecular weight excluding hydrogens is 1690 g/mol. The van der Waals surface area contributed by atoms with Crippen molar-refractivity contribution in [2.45, 2.75) is 480 Å². The normalized spacial score (nSPS) is 37.7. The number of ether oxygens (including phenoxy) is 14. The molecule has 0 spiro atoms. The highest BCUT2D eigenvalue weighted by Crippen LogP contribution is 2.40. The van der Waals surface area contributed by atoms with Gasteiger partial charge in [-0.05, 0) is 26.2 Å². The molecule has 7 aliphatic heterocycles. The maximum atomic E-state index is 13.7. The summed E-state index contributed by atoms with van der Waals surface area (Å²) >= 11 is 0. The standard InChI is InChI=1S/C88H159N3O37/c1-6-8-10-12-14-16-18-20-21-22-23-24-25-26-27-29-31-33-35-37-39-41-60(101)91-52(53(100)40-38-36-34-32-30-28-19-17-15-13-11-9-7-2)48-115-84-73(112)71(110)76(59(47-97)122-84)123-86-74(113)79(67(106)57(45-95)119-86)126-82-61(89-50(4)98)77(65(104)55(43-93)117-82)124-87-75(114)80(68(107)58(46-96)120-87)127-83-62(90-51(5)99)78(66(105)56(44-94)118-83)125-88-81(70(109)64(103)54(42-92)121-88)128-85-72(111)69(108)63(102)49(3)116-85/h38,40,49,52-59,61-88,92-97,100,102-114H,6-37,39,41-48H2,1-5H3,(H,89,98)(H,90,99)(H,91,101)/b40-38+/t49?,52-,53+,54?,55?,56?,57?,58?,59?,61?,62?,63+,64-,65+,66+,67-,68-,69?,70-,71+,72-,73?,74?,75?,76+,77+,78+,79-,80-,81?,82-,83-,84+,85+,86-,87-,88-/m0/s1. The number of allylic oxidation sites excluding steroid dienone is 1. The van der Waals surface area contributed by atoms with Gasteiger partial charge in [-0.15, -0.1) is 0 Å². The van der Waals surface area contributed by atoms with Gasteiger partial charge in [-0.25, -0.2) is 0 Å². The van der Waals surface area contributed by atoms with E-state index >= 15 is 0 Å². The van der Waals surface area contributed by atoms with E-state index in [0.29, 0.717) is 12.8 Å². The number of nitrogens with one attached hydrogen (secondary N) is 3. The van der Waals surface area contributed by atoms with Crippen LogP contribution in [0.15, 0.2) is 12.2 Å². The van der Waals surface area contributed by atoms with Crippen molar-refractivity contribution >= 4 is 17.7 Å². The Bertz CT molecular complexity index is 3020. The predicted octanol–water partition coefficient (Wildman–Crippen LogP) is -1.23. The number of hydrogen-bond donors (Lipinski definition) is 23. The van der Waals surface area contributed by atoms with Crippen LogP contribution in [-0.2, 0) is 80.7 Å². The van der Waals surface area contributed by atoms with Crippen LogP contribution in [0.4, 0.5) is 0 Å². The molecule has 0 aromatic carbocycles. The quantitative estimate of drug-likeness (QED) is 0.0250. The molecule has 7 saturated heterocycles. The number of carbonyl (C=O) groups is 3. The van der Waals surface area contributed by atoms with Crippen LogP contribution in [0.25, 0.3) is 0 Å². The average Bonchev–Trinajstić information content (AvgIpc) is 0.764. The summed E-state index contributed by atoms with van der Waals surface area (Å²) in [6.07, 6.45) is -23.7. The van der Waals surface area contributed by atoms with Gasteiger partial charge in [0.1, 0.15) is 165 Å². The summed E-state index contributed by atoms with van der Waals surface area (Å²) in [5.74, 6) is -2.18. The molecule has 0 aromatic heterocycles. The monoisotopic (exact) mass is 1850 g/mol. The summed E-state index contributed by atoms with van der Waals surface area (Å²) in [5.41, 5.74) is 0. The minimum absolute atomic E-state index is 0.160. The second kappa shape index (κ2) is 59.7. The molecule has 23 N–H and O–H groups in total. The van der Waals surface area contributed by atoms with E-state index in [1.165, 1.54) is 155 Å². The van der Waals surface area contributed by atoms with Gasteiger partial charge in [-0.1, -0.05) is 219 Å². The lowest BCUT2D eigenvalue weighted by Gasteiger charge is -2.51. The van der Waals surface area contributed by atoms with Gasteiger partial charge >= 0.3 is 0 Å². The molecule has 0 aromatic rings. The van der Waals surface area contributed by atoms with Crippen LogP contribution < -0.4 is 16.0 Å². The Morgan fingerprint density at radius 2 is 0.633 bits per heavy atom. The zero-order chi connectivity index (χ0) is 93.5. The fourth-order valence-electron chi connectivity index (χ4n) is 17.6. The van der Waals surface area contributed by atoms with Gasteiger partial charge in [0.15, 0.2) is 44.0 Å². The first kappa shape index (κ1) is 112. The number of aliphatic hydroxyl groups is 20. The molecule has 7 heterocycles. The second-order valence-electron chi connectivity index (χ2n) is 35.6. The third-order valence-corrected chi connectivity index (χ3v) is 25.3. The Hall–Kier alpha value is -3.21. The SMILES string of the molecule is CCCCCCCCCCCCC/C=C/[C@@H](O)[C@H](CO[C@@H]1OC(CO)[C@@H](O[C@@H]2OC(CO)[C@H](O)[C@H](O[C@@H]3OC(CO)[C@@H](O)[C@H](O[C@@H]4OC(CO)[C@H](O)[C@H](O[C@@H]5OC(CO)[C@@H](O)[C@H](O[C@@H]6OC(CO)[C@H](O)[C@H](O)C6O[C@H]6OC(C)[C@@H](O)C(O)[C@@H]6O)C5NC(C)=O)C4O)C3NC(C)=O)C2O)[C@H](O)C1O)NC(=O)CCCCCCCCCCCCCCCCCCCCCCC. The van der Waals surface area contributed by atoms with Crippen molar-refractivity contribution in [3.05, 3.63) is 12.2 Å². The number of carbonyl (C=O) groups excluding carboxylic acids is 3. The van der Waals surface area contributed by atoms with Crippen molar-refractivity contribution in [2.24, 2.45) is 0 Å². The van der Waals surface area contributed by atoms with Crippen molar-refractivity contribution in [1.82, 2.24) is 16.0 Å².